The van der Waals surface area contributed by atoms with E-state index < -0.39 is 11.8 Å². The van der Waals surface area contributed by atoms with Gasteiger partial charge in [0.15, 0.2) is 0 Å². The number of ether oxygens (including phenoxy) is 1. The van der Waals surface area contributed by atoms with Crippen LogP contribution in [0.25, 0.3) is 0 Å². The minimum absolute atomic E-state index is 0.0399. The van der Waals surface area contributed by atoms with Crippen molar-refractivity contribution in [1.82, 2.24) is 0 Å². The van der Waals surface area contributed by atoms with Crippen LogP contribution in [0, 0.1) is 5.82 Å². The predicted molar refractivity (Wildman–Crippen MR) is 69.9 cm³/mol. The molecular formula is C13H7Cl2FO3. The molecule has 0 unspecified atom stereocenters. The quantitative estimate of drug-likeness (QED) is 0.899. The van der Waals surface area contributed by atoms with Gasteiger partial charge in [-0.1, -0.05) is 23.2 Å². The predicted octanol–water partition coefficient (Wildman–Crippen LogP) is 4.62. The highest BCUT2D eigenvalue weighted by Crippen LogP contribution is 2.29. The number of carboxylic acids is 1. The summed E-state index contributed by atoms with van der Waals surface area (Å²) in [6, 6.07) is 7.97. The summed E-state index contributed by atoms with van der Waals surface area (Å²) in [7, 11) is 0. The van der Waals surface area contributed by atoms with Gasteiger partial charge >= 0.3 is 5.97 Å². The van der Waals surface area contributed by atoms with Gasteiger partial charge in [-0.2, -0.15) is 0 Å². The van der Waals surface area contributed by atoms with Crippen molar-refractivity contribution < 1.29 is 19.0 Å². The molecule has 0 heterocycles. The lowest BCUT2D eigenvalue weighted by Crippen LogP contribution is -2.00. The summed E-state index contributed by atoms with van der Waals surface area (Å²) < 4.78 is 18.6. The van der Waals surface area contributed by atoms with Crippen molar-refractivity contribution in [3.8, 4) is 11.5 Å². The van der Waals surface area contributed by atoms with Crippen molar-refractivity contribution in [2.75, 3.05) is 0 Å². The van der Waals surface area contributed by atoms with E-state index in [1.807, 2.05) is 0 Å². The summed E-state index contributed by atoms with van der Waals surface area (Å²) in [5.41, 5.74) is -0.108. The second-order valence-corrected chi connectivity index (χ2v) is 4.47. The van der Waals surface area contributed by atoms with Gasteiger partial charge in [-0.15, -0.1) is 0 Å². The second kappa shape index (κ2) is 5.47. The molecule has 0 aliphatic rings. The lowest BCUT2D eigenvalue weighted by molar-refractivity contribution is 0.0694. The zero-order chi connectivity index (χ0) is 14.0. The normalized spacial score (nSPS) is 10.3. The first-order chi connectivity index (χ1) is 8.97. The molecule has 0 aliphatic carbocycles. The summed E-state index contributed by atoms with van der Waals surface area (Å²) in [5, 5.41) is 9.26. The van der Waals surface area contributed by atoms with Crippen LogP contribution in [0.5, 0.6) is 11.5 Å². The smallest absolute Gasteiger partial charge is 0.339 e. The van der Waals surface area contributed by atoms with E-state index in [2.05, 4.69) is 0 Å². The highest BCUT2D eigenvalue weighted by atomic mass is 35.5. The molecule has 2 rings (SSSR count). The van der Waals surface area contributed by atoms with Crippen LogP contribution in [0.3, 0.4) is 0 Å². The highest BCUT2D eigenvalue weighted by molar-refractivity contribution is 6.31. The van der Waals surface area contributed by atoms with Crippen LogP contribution in [0.4, 0.5) is 4.39 Å². The molecule has 0 aliphatic heterocycles. The molecule has 0 bridgehead atoms. The molecule has 2 aromatic carbocycles. The van der Waals surface area contributed by atoms with Crippen LogP contribution in [-0.4, -0.2) is 11.1 Å². The number of aromatic carboxylic acids is 1. The average Bonchev–Trinajstić information content (AvgIpc) is 2.36. The number of benzene rings is 2. The molecule has 0 saturated carbocycles. The molecule has 98 valence electrons. The third kappa shape index (κ3) is 3.16. The fourth-order valence-corrected chi connectivity index (χ4v) is 1.72. The Bertz CT molecular complexity index is 644. The van der Waals surface area contributed by atoms with Crippen LogP contribution >= 0.6 is 23.2 Å². The van der Waals surface area contributed by atoms with Crippen molar-refractivity contribution in [3.63, 3.8) is 0 Å². The third-order valence-electron chi connectivity index (χ3n) is 2.29. The van der Waals surface area contributed by atoms with Gasteiger partial charge in [0.25, 0.3) is 0 Å². The molecular weight excluding hydrogens is 294 g/mol. The number of halogens is 3. The zero-order valence-corrected chi connectivity index (χ0v) is 10.9. The standard InChI is InChI=1S/C13H7Cl2FO3/c14-7-1-4-12(9(5-7)13(17)18)19-8-2-3-10(15)11(16)6-8/h1-6H,(H,17,18). The van der Waals surface area contributed by atoms with Crippen LogP contribution in [0.2, 0.25) is 10.0 Å². The summed E-state index contributed by atoms with van der Waals surface area (Å²) in [4.78, 5) is 11.1. The molecule has 3 nitrogen and oxygen atoms in total. The van der Waals surface area contributed by atoms with E-state index in [1.54, 1.807) is 0 Å². The summed E-state index contributed by atoms with van der Waals surface area (Å²) in [5.74, 6) is -1.62. The Balaban J connectivity index is 2.37. The zero-order valence-electron chi connectivity index (χ0n) is 9.36. The van der Waals surface area contributed by atoms with Crippen LogP contribution in [0.15, 0.2) is 36.4 Å². The number of hydrogen-bond donors (Lipinski definition) is 1. The molecule has 0 radical (unpaired) electrons. The van der Waals surface area contributed by atoms with Gasteiger partial charge in [0.2, 0.25) is 0 Å². The first kappa shape index (κ1) is 13.6. The van der Waals surface area contributed by atoms with E-state index in [9.17, 15) is 9.18 Å². The highest BCUT2D eigenvalue weighted by Gasteiger charge is 2.13. The van der Waals surface area contributed by atoms with Crippen molar-refractivity contribution >= 4 is 29.2 Å². The summed E-state index contributed by atoms with van der Waals surface area (Å²) >= 11 is 11.3. The van der Waals surface area contributed by atoms with Gasteiger partial charge in [-0.25, -0.2) is 9.18 Å². The molecule has 0 spiro atoms. The minimum Gasteiger partial charge on any atom is -0.478 e. The lowest BCUT2D eigenvalue weighted by Gasteiger charge is -2.09. The molecule has 19 heavy (non-hydrogen) atoms. The minimum atomic E-state index is -1.19. The maximum absolute atomic E-state index is 13.3. The van der Waals surface area contributed by atoms with Crippen molar-refractivity contribution in [1.29, 1.82) is 0 Å². The van der Waals surface area contributed by atoms with Crippen LogP contribution < -0.4 is 4.74 Å². The SMILES string of the molecule is O=C(O)c1cc(Cl)ccc1Oc1ccc(Cl)c(F)c1. The number of rotatable bonds is 3. The molecule has 0 atom stereocenters. The Hall–Kier alpha value is -1.78. The lowest BCUT2D eigenvalue weighted by atomic mass is 10.2. The van der Waals surface area contributed by atoms with Crippen molar-refractivity contribution in [2.24, 2.45) is 0 Å². The second-order valence-electron chi connectivity index (χ2n) is 3.62. The van der Waals surface area contributed by atoms with Crippen LogP contribution in [-0.2, 0) is 0 Å². The largest absolute Gasteiger partial charge is 0.478 e. The van der Waals surface area contributed by atoms with E-state index in [1.165, 1.54) is 30.3 Å². The maximum atomic E-state index is 13.3. The number of carbonyl (C=O) groups is 1. The van der Waals surface area contributed by atoms with Crippen LogP contribution in [0.1, 0.15) is 10.4 Å². The van der Waals surface area contributed by atoms with Gasteiger partial charge in [0.1, 0.15) is 22.9 Å². The van der Waals surface area contributed by atoms with Crippen molar-refractivity contribution in [3.05, 3.63) is 57.8 Å². The third-order valence-corrected chi connectivity index (χ3v) is 2.83. The molecule has 0 saturated heterocycles. The average molecular weight is 301 g/mol. The summed E-state index contributed by atoms with van der Waals surface area (Å²) in [6.07, 6.45) is 0. The van der Waals surface area contributed by atoms with Gasteiger partial charge in [0, 0.05) is 11.1 Å². The van der Waals surface area contributed by atoms with Crippen molar-refractivity contribution in [2.45, 2.75) is 0 Å². The van der Waals surface area contributed by atoms with Gasteiger partial charge in [0.05, 0.1) is 5.02 Å². The van der Waals surface area contributed by atoms with Gasteiger partial charge in [-0.3, -0.25) is 0 Å². The fourth-order valence-electron chi connectivity index (χ4n) is 1.43. The molecule has 0 amide bonds. The molecule has 0 aromatic heterocycles. The monoisotopic (exact) mass is 300 g/mol. The Morgan fingerprint density at radius 2 is 1.89 bits per heavy atom. The Labute approximate surface area is 118 Å². The first-order valence-corrected chi connectivity index (χ1v) is 5.88. The van der Waals surface area contributed by atoms with Gasteiger partial charge in [-0.05, 0) is 30.3 Å². The molecule has 6 heteroatoms. The molecule has 2 aromatic rings. The number of carboxylic acid groups (broad SMARTS) is 1. The van der Waals surface area contributed by atoms with E-state index in [4.69, 9.17) is 33.0 Å². The van der Waals surface area contributed by atoms with E-state index in [-0.39, 0.29) is 27.1 Å². The Morgan fingerprint density at radius 3 is 2.53 bits per heavy atom. The van der Waals surface area contributed by atoms with E-state index >= 15 is 0 Å². The maximum Gasteiger partial charge on any atom is 0.339 e. The first-order valence-electron chi connectivity index (χ1n) is 5.13. The van der Waals surface area contributed by atoms with E-state index in [0.717, 1.165) is 6.07 Å². The van der Waals surface area contributed by atoms with Gasteiger partial charge < -0.3 is 9.84 Å². The Morgan fingerprint density at radius 1 is 1.16 bits per heavy atom. The van der Waals surface area contributed by atoms with E-state index in [0.29, 0.717) is 0 Å². The number of hydrogen-bond acceptors (Lipinski definition) is 2. The molecule has 0 fully saturated rings. The molecule has 1 N–H and O–H groups in total. The summed E-state index contributed by atoms with van der Waals surface area (Å²) in [6.45, 7) is 0. The topological polar surface area (TPSA) is 46.5 Å². The fraction of sp³-hybridized carbons (Fsp3) is 0. The Kier molecular flexibility index (Phi) is 3.93.